The molecule has 102 valence electrons. The molecular weight excluding hydrogens is 254 g/mol. The first-order valence-electron chi connectivity index (χ1n) is 6.14. The second-order valence-electron chi connectivity index (χ2n) is 4.34. The van der Waals surface area contributed by atoms with Crippen molar-refractivity contribution in [2.24, 2.45) is 0 Å². The Kier molecular flexibility index (Phi) is 4.11. The van der Waals surface area contributed by atoms with E-state index in [1.54, 1.807) is 37.3 Å². The SMILES string of the molecule is COc1cc(COc2cccc(O)c2C)ccc1C#N. The largest absolute Gasteiger partial charge is 0.508 e. The predicted molar refractivity (Wildman–Crippen MR) is 74.9 cm³/mol. The lowest BCUT2D eigenvalue weighted by atomic mass is 10.1. The van der Waals surface area contributed by atoms with E-state index in [2.05, 4.69) is 6.07 Å². The van der Waals surface area contributed by atoms with Gasteiger partial charge >= 0.3 is 0 Å². The normalized spacial score (nSPS) is 9.85. The molecule has 0 saturated carbocycles. The van der Waals surface area contributed by atoms with Crippen molar-refractivity contribution >= 4 is 0 Å². The van der Waals surface area contributed by atoms with E-state index in [0.717, 1.165) is 5.56 Å². The lowest BCUT2D eigenvalue weighted by Gasteiger charge is -2.11. The van der Waals surface area contributed by atoms with Crippen LogP contribution in [0.2, 0.25) is 0 Å². The second kappa shape index (κ2) is 5.98. The zero-order valence-electron chi connectivity index (χ0n) is 11.4. The van der Waals surface area contributed by atoms with E-state index in [9.17, 15) is 5.11 Å². The fraction of sp³-hybridized carbons (Fsp3) is 0.188. The van der Waals surface area contributed by atoms with Gasteiger partial charge < -0.3 is 14.6 Å². The van der Waals surface area contributed by atoms with E-state index < -0.39 is 0 Å². The van der Waals surface area contributed by atoms with Crippen LogP contribution in [0.1, 0.15) is 16.7 Å². The molecule has 0 radical (unpaired) electrons. The number of phenolic OH excluding ortho intramolecular Hbond substituents is 1. The summed E-state index contributed by atoms with van der Waals surface area (Å²) in [4.78, 5) is 0. The molecule has 0 aliphatic heterocycles. The van der Waals surface area contributed by atoms with Crippen molar-refractivity contribution in [1.82, 2.24) is 0 Å². The number of aromatic hydroxyl groups is 1. The van der Waals surface area contributed by atoms with E-state index in [1.807, 2.05) is 6.07 Å². The van der Waals surface area contributed by atoms with Gasteiger partial charge in [0.15, 0.2) is 0 Å². The standard InChI is InChI=1S/C16H15NO3/c1-11-14(18)4-3-5-15(11)20-10-12-6-7-13(9-17)16(8-12)19-2/h3-8,18H,10H2,1-2H3. The quantitative estimate of drug-likeness (QED) is 0.926. The highest BCUT2D eigenvalue weighted by Gasteiger charge is 2.06. The maximum Gasteiger partial charge on any atom is 0.137 e. The summed E-state index contributed by atoms with van der Waals surface area (Å²) in [6, 6.07) is 12.5. The summed E-state index contributed by atoms with van der Waals surface area (Å²) in [5.41, 5.74) is 2.08. The third-order valence-electron chi connectivity index (χ3n) is 3.04. The predicted octanol–water partition coefficient (Wildman–Crippen LogP) is 3.16. The number of methoxy groups -OCH3 is 1. The number of ether oxygens (including phenoxy) is 2. The van der Waals surface area contributed by atoms with Crippen LogP contribution >= 0.6 is 0 Å². The van der Waals surface area contributed by atoms with Gasteiger partial charge in [0.05, 0.1) is 12.7 Å². The molecule has 0 spiro atoms. The van der Waals surface area contributed by atoms with Crippen molar-refractivity contribution in [2.45, 2.75) is 13.5 Å². The molecule has 20 heavy (non-hydrogen) atoms. The lowest BCUT2D eigenvalue weighted by Crippen LogP contribution is -1.98. The molecule has 0 aromatic heterocycles. The first kappa shape index (κ1) is 13.8. The fourth-order valence-electron chi connectivity index (χ4n) is 1.84. The molecule has 0 unspecified atom stereocenters. The number of nitrogens with zero attached hydrogens (tertiary/aromatic N) is 1. The number of hydrogen-bond acceptors (Lipinski definition) is 4. The summed E-state index contributed by atoms with van der Waals surface area (Å²) in [6.07, 6.45) is 0. The minimum atomic E-state index is 0.208. The van der Waals surface area contributed by atoms with Crippen LogP contribution in [-0.2, 0) is 6.61 Å². The minimum absolute atomic E-state index is 0.208. The Morgan fingerprint density at radius 2 is 2.00 bits per heavy atom. The molecule has 0 aliphatic carbocycles. The molecule has 4 heteroatoms. The van der Waals surface area contributed by atoms with Crippen molar-refractivity contribution in [1.29, 1.82) is 5.26 Å². The van der Waals surface area contributed by atoms with Crippen LogP contribution in [-0.4, -0.2) is 12.2 Å². The zero-order valence-corrected chi connectivity index (χ0v) is 11.4. The van der Waals surface area contributed by atoms with E-state index >= 15 is 0 Å². The molecule has 0 amide bonds. The molecule has 0 atom stereocenters. The summed E-state index contributed by atoms with van der Waals surface area (Å²) in [6.45, 7) is 2.14. The van der Waals surface area contributed by atoms with Crippen molar-refractivity contribution < 1.29 is 14.6 Å². The Labute approximate surface area is 117 Å². The molecule has 0 aliphatic rings. The molecule has 0 bridgehead atoms. The van der Waals surface area contributed by atoms with Crippen LogP contribution in [0.25, 0.3) is 0 Å². The summed E-state index contributed by atoms with van der Waals surface area (Å²) in [7, 11) is 1.53. The molecule has 0 saturated heterocycles. The van der Waals surface area contributed by atoms with Gasteiger partial charge in [0.2, 0.25) is 0 Å². The third-order valence-corrected chi connectivity index (χ3v) is 3.04. The summed E-state index contributed by atoms with van der Waals surface area (Å²) >= 11 is 0. The van der Waals surface area contributed by atoms with Crippen molar-refractivity contribution in [3.8, 4) is 23.3 Å². The average molecular weight is 269 g/mol. The van der Waals surface area contributed by atoms with Crippen LogP contribution in [0.5, 0.6) is 17.2 Å². The summed E-state index contributed by atoms with van der Waals surface area (Å²) in [5, 5.41) is 18.5. The van der Waals surface area contributed by atoms with Crippen molar-refractivity contribution in [3.05, 3.63) is 53.1 Å². The van der Waals surface area contributed by atoms with Gasteiger partial charge in [0.25, 0.3) is 0 Å². The van der Waals surface area contributed by atoms with Crippen LogP contribution in [0, 0.1) is 18.3 Å². The Morgan fingerprint density at radius 3 is 2.70 bits per heavy atom. The topological polar surface area (TPSA) is 62.5 Å². The van der Waals surface area contributed by atoms with Crippen LogP contribution in [0.4, 0.5) is 0 Å². The molecule has 4 nitrogen and oxygen atoms in total. The number of rotatable bonds is 4. The van der Waals surface area contributed by atoms with Gasteiger partial charge in [-0.2, -0.15) is 5.26 Å². The van der Waals surface area contributed by atoms with Gasteiger partial charge in [-0.1, -0.05) is 12.1 Å². The van der Waals surface area contributed by atoms with E-state index in [0.29, 0.717) is 29.2 Å². The Hall–Kier alpha value is -2.67. The Balaban J connectivity index is 2.15. The summed E-state index contributed by atoms with van der Waals surface area (Å²) in [5.74, 6) is 1.37. The average Bonchev–Trinajstić information content (AvgIpc) is 2.48. The van der Waals surface area contributed by atoms with Gasteiger partial charge in [-0.15, -0.1) is 0 Å². The minimum Gasteiger partial charge on any atom is -0.508 e. The lowest BCUT2D eigenvalue weighted by molar-refractivity contribution is 0.301. The van der Waals surface area contributed by atoms with Gasteiger partial charge in [0.1, 0.15) is 29.9 Å². The van der Waals surface area contributed by atoms with Crippen molar-refractivity contribution in [2.75, 3.05) is 7.11 Å². The van der Waals surface area contributed by atoms with E-state index in [-0.39, 0.29) is 5.75 Å². The molecule has 2 aromatic carbocycles. The molecular formula is C16H15NO3. The Bertz CT molecular complexity index is 659. The van der Waals surface area contributed by atoms with Crippen LogP contribution < -0.4 is 9.47 Å². The highest BCUT2D eigenvalue weighted by Crippen LogP contribution is 2.27. The van der Waals surface area contributed by atoms with Crippen LogP contribution in [0.3, 0.4) is 0 Å². The van der Waals surface area contributed by atoms with Crippen molar-refractivity contribution in [3.63, 3.8) is 0 Å². The van der Waals surface area contributed by atoms with E-state index in [4.69, 9.17) is 14.7 Å². The molecule has 0 fully saturated rings. The third kappa shape index (κ3) is 2.83. The Morgan fingerprint density at radius 1 is 1.20 bits per heavy atom. The molecule has 2 aromatic rings. The highest BCUT2D eigenvalue weighted by molar-refractivity contribution is 5.46. The number of hydrogen-bond donors (Lipinski definition) is 1. The maximum atomic E-state index is 9.61. The zero-order chi connectivity index (χ0) is 14.5. The molecule has 2 rings (SSSR count). The maximum absolute atomic E-state index is 9.61. The summed E-state index contributed by atoms with van der Waals surface area (Å²) < 4.78 is 10.8. The molecule has 1 N–H and O–H groups in total. The first-order valence-corrected chi connectivity index (χ1v) is 6.14. The smallest absolute Gasteiger partial charge is 0.137 e. The van der Waals surface area contributed by atoms with Gasteiger partial charge in [-0.25, -0.2) is 0 Å². The van der Waals surface area contributed by atoms with E-state index in [1.165, 1.54) is 7.11 Å². The first-order chi connectivity index (χ1) is 9.65. The van der Waals surface area contributed by atoms with Gasteiger partial charge in [-0.3, -0.25) is 0 Å². The second-order valence-corrected chi connectivity index (χ2v) is 4.34. The number of nitriles is 1. The number of phenols is 1. The number of benzene rings is 2. The van der Waals surface area contributed by atoms with Gasteiger partial charge in [-0.05, 0) is 36.8 Å². The molecule has 0 heterocycles. The fourth-order valence-corrected chi connectivity index (χ4v) is 1.84. The monoisotopic (exact) mass is 269 g/mol. The highest BCUT2D eigenvalue weighted by atomic mass is 16.5. The van der Waals surface area contributed by atoms with Crippen LogP contribution in [0.15, 0.2) is 36.4 Å². The van der Waals surface area contributed by atoms with Gasteiger partial charge in [0, 0.05) is 5.56 Å².